The van der Waals surface area contributed by atoms with Crippen LogP contribution in [0.1, 0.15) is 30.0 Å². The first kappa shape index (κ1) is 15.4. The van der Waals surface area contributed by atoms with Crippen molar-refractivity contribution in [2.75, 3.05) is 0 Å². The van der Waals surface area contributed by atoms with Crippen molar-refractivity contribution in [3.05, 3.63) is 69.7 Å². The second-order valence-electron chi connectivity index (χ2n) is 5.70. The van der Waals surface area contributed by atoms with E-state index in [9.17, 15) is 4.79 Å². The van der Waals surface area contributed by atoms with Crippen LogP contribution in [0.5, 0.6) is 0 Å². The summed E-state index contributed by atoms with van der Waals surface area (Å²) in [5.41, 5.74) is 1.96. The smallest absolute Gasteiger partial charge is 0.224 e. The van der Waals surface area contributed by atoms with Gasteiger partial charge in [0.2, 0.25) is 5.91 Å². The number of carbonyl (C=O) groups is 1. The van der Waals surface area contributed by atoms with E-state index in [1.54, 1.807) is 0 Å². The van der Waals surface area contributed by atoms with Gasteiger partial charge in [-0.05, 0) is 48.1 Å². The minimum Gasteiger partial charge on any atom is -0.349 e. The molecule has 0 heterocycles. The third-order valence-corrected chi connectivity index (χ3v) is 4.57. The summed E-state index contributed by atoms with van der Waals surface area (Å²) in [7, 11) is 0. The summed E-state index contributed by atoms with van der Waals surface area (Å²) in [4.78, 5) is 12.4. The van der Waals surface area contributed by atoms with Crippen molar-refractivity contribution in [3.63, 3.8) is 0 Å². The Kier molecular flexibility index (Phi) is 4.70. The monoisotopic (exact) mass is 333 g/mol. The molecular weight excluding hydrogens is 317 g/mol. The summed E-state index contributed by atoms with van der Waals surface area (Å²) in [5.74, 6) is 0.524. The van der Waals surface area contributed by atoms with Crippen LogP contribution in [0.3, 0.4) is 0 Å². The van der Waals surface area contributed by atoms with Crippen LogP contribution in [0.15, 0.2) is 48.5 Å². The molecule has 1 N–H and O–H groups in total. The topological polar surface area (TPSA) is 29.1 Å². The Labute approximate surface area is 140 Å². The Hall–Kier alpha value is -1.51. The molecule has 2 aromatic rings. The molecule has 0 saturated heterocycles. The normalized spacial score (nSPS) is 15.4. The lowest BCUT2D eigenvalue weighted by Gasteiger charge is -2.19. The maximum absolute atomic E-state index is 12.4. The maximum atomic E-state index is 12.4. The number of benzene rings is 2. The summed E-state index contributed by atoms with van der Waals surface area (Å²) in [5, 5.41) is 4.49. The second-order valence-corrected chi connectivity index (χ2v) is 6.55. The van der Waals surface area contributed by atoms with Crippen molar-refractivity contribution in [3.8, 4) is 0 Å². The Morgan fingerprint density at radius 2 is 1.77 bits per heavy atom. The van der Waals surface area contributed by atoms with Gasteiger partial charge >= 0.3 is 0 Å². The zero-order chi connectivity index (χ0) is 15.5. The van der Waals surface area contributed by atoms with Crippen molar-refractivity contribution in [1.29, 1.82) is 0 Å². The molecule has 0 spiro atoms. The molecular formula is C18H17Cl2NO. The number of carbonyl (C=O) groups excluding carboxylic acids is 1. The first-order valence-corrected chi connectivity index (χ1v) is 8.17. The summed E-state index contributed by atoms with van der Waals surface area (Å²) in [6, 6.07) is 15.2. The highest BCUT2D eigenvalue weighted by Gasteiger charge is 2.33. The van der Waals surface area contributed by atoms with E-state index in [0.29, 0.717) is 22.4 Å². The fraction of sp³-hybridized carbons (Fsp3) is 0.278. The van der Waals surface area contributed by atoms with Gasteiger partial charge in [0, 0.05) is 10.0 Å². The minimum atomic E-state index is -0.0000463. The highest BCUT2D eigenvalue weighted by molar-refractivity contribution is 6.31. The third-order valence-electron chi connectivity index (χ3n) is 3.95. The molecule has 3 rings (SSSR count). The standard InChI is InChI=1S/C18H17Cl2NO/c19-15-9-7-13(8-10-15)18(12-5-6-12)21-17(22)11-14-3-1-2-4-16(14)20/h1-4,7-10,12,18H,5-6,11H2,(H,21,22). The number of hydrogen-bond acceptors (Lipinski definition) is 1. The first-order chi connectivity index (χ1) is 10.6. The molecule has 114 valence electrons. The highest BCUT2D eigenvalue weighted by Crippen LogP contribution is 2.41. The molecule has 1 fully saturated rings. The molecule has 1 atom stereocenters. The molecule has 0 aromatic heterocycles. The lowest BCUT2D eigenvalue weighted by molar-refractivity contribution is -0.121. The lowest BCUT2D eigenvalue weighted by atomic mass is 10.0. The fourth-order valence-corrected chi connectivity index (χ4v) is 2.94. The second kappa shape index (κ2) is 6.72. The van der Waals surface area contributed by atoms with E-state index >= 15 is 0 Å². The Bertz CT molecular complexity index is 665. The third kappa shape index (κ3) is 3.82. The molecule has 2 aromatic carbocycles. The van der Waals surface area contributed by atoms with E-state index in [1.807, 2.05) is 48.5 Å². The van der Waals surface area contributed by atoms with Crippen molar-refractivity contribution in [1.82, 2.24) is 5.32 Å². The zero-order valence-corrected chi connectivity index (χ0v) is 13.6. The average Bonchev–Trinajstić information content (AvgIpc) is 3.33. The van der Waals surface area contributed by atoms with Crippen LogP contribution in [0.2, 0.25) is 10.0 Å². The van der Waals surface area contributed by atoms with Gasteiger partial charge in [-0.3, -0.25) is 4.79 Å². The quantitative estimate of drug-likeness (QED) is 0.836. The largest absolute Gasteiger partial charge is 0.349 e. The molecule has 1 amide bonds. The number of hydrogen-bond donors (Lipinski definition) is 1. The van der Waals surface area contributed by atoms with Crippen LogP contribution < -0.4 is 5.32 Å². The maximum Gasteiger partial charge on any atom is 0.224 e. The van der Waals surface area contributed by atoms with Gasteiger partial charge in [-0.15, -0.1) is 0 Å². The summed E-state index contributed by atoms with van der Waals surface area (Å²) < 4.78 is 0. The number of nitrogens with one attached hydrogen (secondary N) is 1. The molecule has 1 unspecified atom stereocenters. The van der Waals surface area contributed by atoms with Gasteiger partial charge in [0.05, 0.1) is 12.5 Å². The van der Waals surface area contributed by atoms with Crippen molar-refractivity contribution in [2.45, 2.75) is 25.3 Å². The average molecular weight is 334 g/mol. The Morgan fingerprint density at radius 1 is 1.09 bits per heavy atom. The van der Waals surface area contributed by atoms with Gasteiger partial charge in [0.25, 0.3) is 0 Å². The molecule has 2 nitrogen and oxygen atoms in total. The van der Waals surface area contributed by atoms with Crippen molar-refractivity contribution in [2.24, 2.45) is 5.92 Å². The van der Waals surface area contributed by atoms with Gasteiger partial charge in [-0.25, -0.2) is 0 Å². The van der Waals surface area contributed by atoms with E-state index in [-0.39, 0.29) is 11.9 Å². The molecule has 0 aliphatic heterocycles. The molecule has 1 aliphatic carbocycles. The molecule has 4 heteroatoms. The zero-order valence-electron chi connectivity index (χ0n) is 12.1. The predicted octanol–water partition coefficient (Wildman–Crippen LogP) is 4.80. The van der Waals surface area contributed by atoms with Gasteiger partial charge < -0.3 is 5.32 Å². The van der Waals surface area contributed by atoms with E-state index < -0.39 is 0 Å². The van der Waals surface area contributed by atoms with Crippen molar-refractivity contribution < 1.29 is 4.79 Å². The Morgan fingerprint density at radius 3 is 2.41 bits per heavy atom. The van der Waals surface area contributed by atoms with Crippen LogP contribution in [0.25, 0.3) is 0 Å². The van der Waals surface area contributed by atoms with E-state index in [2.05, 4.69) is 5.32 Å². The number of amides is 1. The van der Waals surface area contributed by atoms with E-state index in [1.165, 1.54) is 0 Å². The summed E-state index contributed by atoms with van der Waals surface area (Å²) >= 11 is 12.1. The van der Waals surface area contributed by atoms with Crippen LogP contribution >= 0.6 is 23.2 Å². The van der Waals surface area contributed by atoms with Gasteiger partial charge in [0.1, 0.15) is 0 Å². The van der Waals surface area contributed by atoms with Crippen LogP contribution in [0.4, 0.5) is 0 Å². The fourth-order valence-electron chi connectivity index (χ4n) is 2.61. The molecule has 22 heavy (non-hydrogen) atoms. The summed E-state index contributed by atoms with van der Waals surface area (Å²) in [6.07, 6.45) is 2.61. The highest BCUT2D eigenvalue weighted by atomic mass is 35.5. The molecule has 0 radical (unpaired) electrons. The lowest BCUT2D eigenvalue weighted by Crippen LogP contribution is -2.31. The predicted molar refractivity (Wildman–Crippen MR) is 90.2 cm³/mol. The molecule has 1 saturated carbocycles. The van der Waals surface area contributed by atoms with E-state index in [4.69, 9.17) is 23.2 Å². The number of rotatable bonds is 5. The summed E-state index contributed by atoms with van der Waals surface area (Å²) in [6.45, 7) is 0. The van der Waals surface area contributed by atoms with Crippen LogP contribution in [-0.4, -0.2) is 5.91 Å². The molecule has 0 bridgehead atoms. The van der Waals surface area contributed by atoms with Gasteiger partial charge in [-0.1, -0.05) is 53.5 Å². The number of halogens is 2. The first-order valence-electron chi connectivity index (χ1n) is 7.42. The SMILES string of the molecule is O=C(Cc1ccccc1Cl)NC(c1ccc(Cl)cc1)C1CC1. The Balaban J connectivity index is 1.70. The molecule has 1 aliphatic rings. The van der Waals surface area contributed by atoms with E-state index in [0.717, 1.165) is 24.0 Å². The van der Waals surface area contributed by atoms with Crippen LogP contribution in [-0.2, 0) is 11.2 Å². The van der Waals surface area contributed by atoms with Gasteiger partial charge in [0.15, 0.2) is 0 Å². The van der Waals surface area contributed by atoms with Crippen molar-refractivity contribution >= 4 is 29.1 Å². The minimum absolute atomic E-state index is 0.0000463. The van der Waals surface area contributed by atoms with Crippen LogP contribution in [0, 0.1) is 5.92 Å². The van der Waals surface area contributed by atoms with Gasteiger partial charge in [-0.2, -0.15) is 0 Å².